The van der Waals surface area contributed by atoms with E-state index < -0.39 is 78.3 Å². The number of benzene rings is 2. The maximum absolute atomic E-state index is 14.0. The van der Waals surface area contributed by atoms with Crippen molar-refractivity contribution in [2.45, 2.75) is 89.6 Å². The van der Waals surface area contributed by atoms with E-state index >= 15 is 0 Å². The van der Waals surface area contributed by atoms with Gasteiger partial charge in [-0.1, -0.05) is 62.4 Å². The van der Waals surface area contributed by atoms with Crippen LogP contribution in [0.4, 0.5) is 0 Å². The van der Waals surface area contributed by atoms with Crippen molar-refractivity contribution in [3.05, 3.63) is 77.7 Å². The van der Waals surface area contributed by atoms with Crippen molar-refractivity contribution in [1.29, 1.82) is 0 Å². The Labute approximate surface area is 307 Å². The molecule has 2 aromatic carbocycles. The number of hydrogen-bond acceptors (Lipinski definition) is 9. The molecule has 2 fully saturated rings. The van der Waals surface area contributed by atoms with E-state index in [2.05, 4.69) is 31.6 Å². The zero-order valence-electron chi connectivity index (χ0n) is 30.3. The summed E-state index contributed by atoms with van der Waals surface area (Å²) in [5.41, 5.74) is 1.83. The number of amides is 6. The van der Waals surface area contributed by atoms with Crippen LogP contribution in [0.25, 0.3) is 11.5 Å². The van der Waals surface area contributed by atoms with Crippen LogP contribution in [0.15, 0.2) is 65.1 Å². The Balaban J connectivity index is 1.38. The van der Waals surface area contributed by atoms with E-state index in [1.54, 1.807) is 37.3 Å². The maximum atomic E-state index is 14.0. The van der Waals surface area contributed by atoms with Crippen molar-refractivity contribution in [1.82, 2.24) is 36.5 Å². The number of carbonyl (C=O) groups is 6. The smallest absolute Gasteiger partial charge is 0.248 e. The van der Waals surface area contributed by atoms with E-state index in [0.717, 1.165) is 5.56 Å². The summed E-state index contributed by atoms with van der Waals surface area (Å²) in [6, 6.07) is 11.9. The highest BCUT2D eigenvalue weighted by Gasteiger charge is 2.43. The molecule has 3 aromatic rings. The lowest BCUT2D eigenvalue weighted by atomic mass is 10.00. The summed E-state index contributed by atoms with van der Waals surface area (Å²) < 4.78 is 5.79. The topological polar surface area (TPSA) is 212 Å². The summed E-state index contributed by atoms with van der Waals surface area (Å²) in [4.78, 5) is 87.1. The molecule has 6 atom stereocenters. The van der Waals surface area contributed by atoms with E-state index in [0.29, 0.717) is 22.9 Å². The first-order valence-electron chi connectivity index (χ1n) is 17.8. The van der Waals surface area contributed by atoms with Gasteiger partial charge < -0.3 is 41.0 Å². The molecule has 53 heavy (non-hydrogen) atoms. The minimum absolute atomic E-state index is 0.00448. The molecule has 6 N–H and O–H groups in total. The standard InChI is InChI=1S/C38H47N7O8/c1-21(2)15-29-35(50)43-30(20-46)38(52)45-19-26(40-32(47)17-27-23(4)53-37(44-27)25-13-9-6-10-14-25)16-31(45)36(51)39-22(3)34(49)42-28(18-33(48)41-29)24-11-7-5-8-12-24/h5-14,21-22,26,28-31,46H,15-20H2,1-4H3,(H,39,51)(H,40,47)(H,41,48)(H,42,49)(H,43,50)/t22-,26-,28-,29-,30-,31-/m0/s1. The van der Waals surface area contributed by atoms with Gasteiger partial charge in [-0.2, -0.15) is 0 Å². The lowest BCUT2D eigenvalue weighted by molar-refractivity contribution is -0.143. The Hall–Kier alpha value is -5.57. The van der Waals surface area contributed by atoms with E-state index in [-0.39, 0.29) is 38.1 Å². The highest BCUT2D eigenvalue weighted by molar-refractivity contribution is 5.96. The molecule has 1 aromatic heterocycles. The largest absolute Gasteiger partial charge is 0.441 e. The third kappa shape index (κ3) is 9.86. The van der Waals surface area contributed by atoms with Gasteiger partial charge >= 0.3 is 0 Å². The molecule has 282 valence electrons. The number of aryl methyl sites for hydroxylation is 1. The van der Waals surface area contributed by atoms with Gasteiger partial charge in [0.25, 0.3) is 0 Å². The Bertz CT molecular complexity index is 1800. The first kappa shape index (κ1) is 38.7. The van der Waals surface area contributed by atoms with Gasteiger partial charge in [0.15, 0.2) is 0 Å². The number of nitrogens with one attached hydrogen (secondary N) is 5. The number of aliphatic hydroxyl groups is 1. The average Bonchev–Trinajstić information content (AvgIpc) is 3.72. The molecule has 0 spiro atoms. The lowest BCUT2D eigenvalue weighted by Gasteiger charge is -2.30. The van der Waals surface area contributed by atoms with Gasteiger partial charge in [0.2, 0.25) is 41.3 Å². The summed E-state index contributed by atoms with van der Waals surface area (Å²) in [6.45, 7) is 6.02. The Morgan fingerprint density at radius 1 is 0.925 bits per heavy atom. The van der Waals surface area contributed by atoms with Crippen LogP contribution in [0, 0.1) is 12.8 Å². The van der Waals surface area contributed by atoms with Crippen LogP contribution >= 0.6 is 0 Å². The van der Waals surface area contributed by atoms with Gasteiger partial charge in [-0.15, -0.1) is 0 Å². The van der Waals surface area contributed by atoms with Crippen molar-refractivity contribution in [3.63, 3.8) is 0 Å². The molecule has 15 heteroatoms. The molecule has 2 saturated heterocycles. The van der Waals surface area contributed by atoms with E-state index in [1.165, 1.54) is 11.8 Å². The predicted octanol–water partition coefficient (Wildman–Crippen LogP) is 1.05. The number of aliphatic hydroxyl groups excluding tert-OH is 1. The van der Waals surface area contributed by atoms with Crippen molar-refractivity contribution in [2.24, 2.45) is 5.92 Å². The second kappa shape index (κ2) is 17.3. The molecule has 15 nitrogen and oxygen atoms in total. The Morgan fingerprint density at radius 2 is 1.60 bits per heavy atom. The van der Waals surface area contributed by atoms with Gasteiger partial charge in [-0.3, -0.25) is 28.8 Å². The number of aromatic nitrogens is 1. The third-order valence-corrected chi connectivity index (χ3v) is 9.31. The quantitative estimate of drug-likeness (QED) is 0.195. The molecule has 0 radical (unpaired) electrons. The highest BCUT2D eigenvalue weighted by atomic mass is 16.4. The maximum Gasteiger partial charge on any atom is 0.248 e. The van der Waals surface area contributed by atoms with Crippen LogP contribution in [0.5, 0.6) is 0 Å². The van der Waals surface area contributed by atoms with Crippen LogP contribution in [0.3, 0.4) is 0 Å². The van der Waals surface area contributed by atoms with Gasteiger partial charge in [0.05, 0.1) is 31.2 Å². The fourth-order valence-corrected chi connectivity index (χ4v) is 6.57. The molecule has 6 amide bonds. The summed E-state index contributed by atoms with van der Waals surface area (Å²) >= 11 is 0. The summed E-state index contributed by atoms with van der Waals surface area (Å²) in [5.74, 6) is -2.83. The molecular formula is C38H47N7O8. The fraction of sp³-hybridized carbons (Fsp3) is 0.447. The summed E-state index contributed by atoms with van der Waals surface area (Å²) in [6.07, 6.45) is -0.110. The van der Waals surface area contributed by atoms with Crippen molar-refractivity contribution in [2.75, 3.05) is 13.2 Å². The zero-order valence-corrected chi connectivity index (χ0v) is 30.3. The third-order valence-electron chi connectivity index (χ3n) is 9.31. The fourth-order valence-electron chi connectivity index (χ4n) is 6.57. The Morgan fingerprint density at radius 3 is 2.26 bits per heavy atom. The van der Waals surface area contributed by atoms with E-state index in [9.17, 15) is 33.9 Å². The number of carbonyl (C=O) groups excluding carboxylic acids is 6. The first-order valence-corrected chi connectivity index (χ1v) is 17.8. The van der Waals surface area contributed by atoms with Crippen LogP contribution < -0.4 is 26.6 Å². The minimum Gasteiger partial charge on any atom is -0.441 e. The molecule has 5 rings (SSSR count). The minimum atomic E-state index is -1.46. The van der Waals surface area contributed by atoms with Crippen molar-refractivity contribution in [3.8, 4) is 11.5 Å². The predicted molar refractivity (Wildman–Crippen MR) is 192 cm³/mol. The molecule has 2 aliphatic heterocycles. The van der Waals surface area contributed by atoms with Crippen molar-refractivity contribution >= 4 is 35.4 Å². The van der Waals surface area contributed by atoms with Gasteiger partial charge in [0.1, 0.15) is 29.9 Å². The molecule has 0 unspecified atom stereocenters. The number of rotatable bonds is 8. The zero-order chi connectivity index (χ0) is 38.2. The van der Waals surface area contributed by atoms with E-state index in [1.807, 2.05) is 44.2 Å². The second-order valence-electron chi connectivity index (χ2n) is 14.0. The molecule has 0 saturated carbocycles. The monoisotopic (exact) mass is 729 g/mol. The second-order valence-corrected chi connectivity index (χ2v) is 14.0. The summed E-state index contributed by atoms with van der Waals surface area (Å²) in [7, 11) is 0. The molecule has 2 aliphatic rings. The number of oxazole rings is 1. The number of fused-ring (bicyclic) bond motifs is 1. The van der Waals surface area contributed by atoms with Crippen LogP contribution in [0.2, 0.25) is 0 Å². The van der Waals surface area contributed by atoms with Crippen LogP contribution in [0.1, 0.15) is 63.1 Å². The van der Waals surface area contributed by atoms with Crippen LogP contribution in [-0.4, -0.2) is 93.8 Å². The van der Waals surface area contributed by atoms with Gasteiger partial charge in [-0.25, -0.2) is 4.98 Å². The van der Waals surface area contributed by atoms with Crippen molar-refractivity contribution < 1.29 is 38.3 Å². The van der Waals surface area contributed by atoms with Gasteiger partial charge in [-0.05, 0) is 50.3 Å². The summed E-state index contributed by atoms with van der Waals surface area (Å²) in [5, 5.41) is 24.0. The number of hydrogen-bond donors (Lipinski definition) is 6. The lowest BCUT2D eigenvalue weighted by Crippen LogP contribution is -2.59. The molecule has 0 bridgehead atoms. The molecule has 3 heterocycles. The van der Waals surface area contributed by atoms with Gasteiger partial charge in [0, 0.05) is 18.2 Å². The van der Waals surface area contributed by atoms with Crippen LogP contribution in [-0.2, 0) is 35.2 Å². The van der Waals surface area contributed by atoms with E-state index in [4.69, 9.17) is 4.42 Å². The normalized spacial score (nSPS) is 24.6. The molecule has 0 aliphatic carbocycles. The number of nitrogens with zero attached hydrogens (tertiary/aromatic N) is 2. The SMILES string of the molecule is Cc1oc(-c2ccccc2)nc1CC(=O)N[C@H]1C[C@H]2C(=O)N[C@@H](C)C(=O)N[C@H](c3ccccc3)CC(=O)N[C@@H](CC(C)C)C(=O)N[C@@H](CO)C(=O)N2C1. The average molecular weight is 730 g/mol. The highest BCUT2D eigenvalue weighted by Crippen LogP contribution is 2.24. The molecular weight excluding hydrogens is 682 g/mol. The Kier molecular flexibility index (Phi) is 12.6. The first-order chi connectivity index (χ1) is 25.3.